The van der Waals surface area contributed by atoms with Gasteiger partial charge in [-0.1, -0.05) is 56.2 Å². The second kappa shape index (κ2) is 13.3. The molecule has 0 amide bonds. The zero-order valence-corrected chi connectivity index (χ0v) is 21.0. The Morgan fingerprint density at radius 2 is 1.74 bits per heavy atom. The van der Waals surface area contributed by atoms with Gasteiger partial charge in [0.25, 0.3) is 0 Å². The van der Waals surface area contributed by atoms with E-state index in [1.807, 2.05) is 66.2 Å². The summed E-state index contributed by atoms with van der Waals surface area (Å²) in [5, 5.41) is 15.4. The van der Waals surface area contributed by atoms with Crippen LogP contribution < -0.4 is 4.74 Å². The summed E-state index contributed by atoms with van der Waals surface area (Å²) in [7, 11) is 0. The summed E-state index contributed by atoms with van der Waals surface area (Å²) in [5.74, 6) is 1.48. The predicted octanol–water partition coefficient (Wildman–Crippen LogP) is 5.67. The molecule has 0 aliphatic heterocycles. The number of hydrogen-bond donors (Lipinski definition) is 1. The van der Waals surface area contributed by atoms with Crippen molar-refractivity contribution in [3.05, 3.63) is 71.4 Å². The van der Waals surface area contributed by atoms with E-state index >= 15 is 0 Å². The van der Waals surface area contributed by atoms with Crippen LogP contribution >= 0.6 is 0 Å². The molecule has 1 N–H and O–H groups in total. The molecule has 0 spiro atoms. The van der Waals surface area contributed by atoms with Crippen molar-refractivity contribution in [3.8, 4) is 17.3 Å². The number of benzene rings is 2. The van der Waals surface area contributed by atoms with E-state index in [4.69, 9.17) is 14.6 Å². The molecule has 0 saturated heterocycles. The van der Waals surface area contributed by atoms with Crippen LogP contribution in [0, 0.1) is 13.8 Å². The van der Waals surface area contributed by atoms with Gasteiger partial charge in [0, 0.05) is 19.7 Å². The number of rotatable bonds is 14. The lowest BCUT2D eigenvalue weighted by molar-refractivity contribution is 0.0143. The average molecular weight is 466 g/mol. The van der Waals surface area contributed by atoms with Crippen LogP contribution in [0.4, 0.5) is 0 Å². The Bertz CT molecular complexity index is 986. The number of aliphatic hydroxyl groups is 1. The Balaban J connectivity index is 1.85. The first kappa shape index (κ1) is 25.9. The van der Waals surface area contributed by atoms with Crippen molar-refractivity contribution in [1.29, 1.82) is 0 Å². The second-order valence-corrected chi connectivity index (χ2v) is 8.85. The fourth-order valence-electron chi connectivity index (χ4n) is 3.88. The Kier molecular flexibility index (Phi) is 10.1. The minimum absolute atomic E-state index is 0.356. The smallest absolute Gasteiger partial charge is 0.227 e. The van der Waals surface area contributed by atoms with E-state index < -0.39 is 6.10 Å². The molecule has 0 aliphatic rings. The Morgan fingerprint density at radius 3 is 2.41 bits per heavy atom. The molecule has 34 heavy (non-hydrogen) atoms. The number of aliphatic hydroxyl groups excluding tert-OH is 1. The van der Waals surface area contributed by atoms with Gasteiger partial charge in [0.15, 0.2) is 0 Å². The number of aryl methyl sites for hydroxylation is 2. The first-order chi connectivity index (χ1) is 16.5. The minimum Gasteiger partial charge on any atom is -0.439 e. The molecule has 0 radical (unpaired) electrons. The summed E-state index contributed by atoms with van der Waals surface area (Å²) in [6.45, 7) is 11.5. The van der Waals surface area contributed by atoms with E-state index in [-0.39, 0.29) is 0 Å². The van der Waals surface area contributed by atoms with E-state index in [0.717, 1.165) is 48.5 Å². The third kappa shape index (κ3) is 7.42. The van der Waals surface area contributed by atoms with Gasteiger partial charge < -0.3 is 14.6 Å². The van der Waals surface area contributed by atoms with Crippen molar-refractivity contribution in [2.45, 2.75) is 59.6 Å². The topological polar surface area (TPSA) is 59.8 Å². The van der Waals surface area contributed by atoms with E-state index in [1.165, 1.54) is 5.56 Å². The quantitative estimate of drug-likeness (QED) is 0.311. The number of hydrogen-bond acceptors (Lipinski definition) is 5. The molecule has 0 saturated carbocycles. The van der Waals surface area contributed by atoms with Gasteiger partial charge in [-0.05, 0) is 57.5 Å². The molecule has 6 heteroatoms. The standard InChI is InChI=1S/C28H39N3O3/c1-5-7-18-33-21-25(32)19-30(17-6-2)20-27-23(4)29-31(24-11-9-8-10-12-24)28(27)34-26-15-13-22(3)14-16-26/h8-16,25,32H,5-7,17-21H2,1-4H3/t25-/m1/s1. The van der Waals surface area contributed by atoms with Crippen molar-refractivity contribution in [2.75, 3.05) is 26.3 Å². The van der Waals surface area contributed by atoms with Crippen molar-refractivity contribution in [2.24, 2.45) is 0 Å². The molecule has 1 atom stereocenters. The van der Waals surface area contributed by atoms with Crippen LogP contribution in [-0.4, -0.2) is 52.2 Å². The molecule has 2 aromatic carbocycles. The molecular weight excluding hydrogens is 426 g/mol. The highest BCUT2D eigenvalue weighted by atomic mass is 16.5. The molecule has 6 nitrogen and oxygen atoms in total. The summed E-state index contributed by atoms with van der Waals surface area (Å²) in [6.07, 6.45) is 2.56. The van der Waals surface area contributed by atoms with Gasteiger partial charge in [0.2, 0.25) is 5.88 Å². The summed E-state index contributed by atoms with van der Waals surface area (Å²) in [4.78, 5) is 2.26. The lowest BCUT2D eigenvalue weighted by Crippen LogP contribution is -2.35. The normalized spacial score (nSPS) is 12.3. The van der Waals surface area contributed by atoms with Crippen molar-refractivity contribution in [1.82, 2.24) is 14.7 Å². The summed E-state index contributed by atoms with van der Waals surface area (Å²) < 4.78 is 14.0. The summed E-state index contributed by atoms with van der Waals surface area (Å²) in [5.41, 5.74) is 4.08. The van der Waals surface area contributed by atoms with Crippen LogP contribution in [0.3, 0.4) is 0 Å². The molecule has 0 aliphatic carbocycles. The van der Waals surface area contributed by atoms with Gasteiger partial charge in [-0.25, -0.2) is 4.68 Å². The predicted molar refractivity (Wildman–Crippen MR) is 137 cm³/mol. The minimum atomic E-state index is -0.533. The van der Waals surface area contributed by atoms with Gasteiger partial charge in [0.05, 0.1) is 29.7 Å². The molecule has 3 aromatic rings. The van der Waals surface area contributed by atoms with Crippen LogP contribution in [-0.2, 0) is 11.3 Å². The highest BCUT2D eigenvalue weighted by molar-refractivity contribution is 5.43. The van der Waals surface area contributed by atoms with Crippen LogP contribution in [0.5, 0.6) is 11.6 Å². The molecule has 0 fully saturated rings. The van der Waals surface area contributed by atoms with Crippen LogP contribution in [0.2, 0.25) is 0 Å². The van der Waals surface area contributed by atoms with Gasteiger partial charge >= 0.3 is 0 Å². The zero-order chi connectivity index (χ0) is 24.3. The van der Waals surface area contributed by atoms with E-state index in [9.17, 15) is 5.11 Å². The largest absolute Gasteiger partial charge is 0.439 e. The fourth-order valence-corrected chi connectivity index (χ4v) is 3.88. The highest BCUT2D eigenvalue weighted by Crippen LogP contribution is 2.32. The third-order valence-electron chi connectivity index (χ3n) is 5.72. The van der Waals surface area contributed by atoms with Crippen LogP contribution in [0.25, 0.3) is 5.69 Å². The summed E-state index contributed by atoms with van der Waals surface area (Å²) in [6, 6.07) is 18.1. The Morgan fingerprint density at radius 1 is 1.00 bits per heavy atom. The maximum Gasteiger partial charge on any atom is 0.227 e. The number of unbranched alkanes of at least 4 members (excludes halogenated alkanes) is 1. The van der Waals surface area contributed by atoms with E-state index in [2.05, 4.69) is 25.7 Å². The van der Waals surface area contributed by atoms with Crippen LogP contribution in [0.1, 0.15) is 49.9 Å². The lowest BCUT2D eigenvalue weighted by atomic mass is 10.2. The fraction of sp³-hybridized carbons (Fsp3) is 0.464. The first-order valence-electron chi connectivity index (χ1n) is 12.4. The van der Waals surface area contributed by atoms with E-state index in [1.54, 1.807) is 0 Å². The van der Waals surface area contributed by atoms with E-state index in [0.29, 0.717) is 32.2 Å². The molecule has 3 rings (SSSR count). The number of para-hydroxylation sites is 1. The van der Waals surface area contributed by atoms with Gasteiger partial charge in [-0.15, -0.1) is 0 Å². The molecular formula is C28H39N3O3. The Labute approximate surface area is 204 Å². The zero-order valence-electron chi connectivity index (χ0n) is 21.0. The molecule has 1 aromatic heterocycles. The summed E-state index contributed by atoms with van der Waals surface area (Å²) >= 11 is 0. The maximum atomic E-state index is 10.6. The van der Waals surface area contributed by atoms with Crippen molar-refractivity contribution in [3.63, 3.8) is 0 Å². The van der Waals surface area contributed by atoms with Crippen LogP contribution in [0.15, 0.2) is 54.6 Å². The van der Waals surface area contributed by atoms with Gasteiger partial charge in [-0.2, -0.15) is 5.10 Å². The lowest BCUT2D eigenvalue weighted by Gasteiger charge is -2.25. The Hall–Kier alpha value is -2.67. The third-order valence-corrected chi connectivity index (χ3v) is 5.72. The number of aromatic nitrogens is 2. The number of nitrogens with zero attached hydrogens (tertiary/aromatic N) is 3. The molecule has 1 heterocycles. The first-order valence-corrected chi connectivity index (χ1v) is 12.4. The monoisotopic (exact) mass is 465 g/mol. The second-order valence-electron chi connectivity index (χ2n) is 8.85. The molecule has 0 bridgehead atoms. The molecule has 184 valence electrons. The number of ether oxygens (including phenoxy) is 2. The van der Waals surface area contributed by atoms with Gasteiger partial charge in [-0.3, -0.25) is 4.90 Å². The maximum absolute atomic E-state index is 10.6. The molecule has 0 unspecified atom stereocenters. The van der Waals surface area contributed by atoms with Crippen molar-refractivity contribution < 1.29 is 14.6 Å². The van der Waals surface area contributed by atoms with Crippen molar-refractivity contribution >= 4 is 0 Å². The highest BCUT2D eigenvalue weighted by Gasteiger charge is 2.22. The SMILES string of the molecule is CCCCOC[C@H](O)CN(CCC)Cc1c(C)nn(-c2ccccc2)c1Oc1ccc(C)cc1. The average Bonchev–Trinajstić information content (AvgIpc) is 3.14. The van der Waals surface area contributed by atoms with Gasteiger partial charge in [0.1, 0.15) is 5.75 Å².